The predicted molar refractivity (Wildman–Crippen MR) is 122 cm³/mol. The zero-order chi connectivity index (χ0) is 20.3. The molecule has 0 unspecified atom stereocenters. The summed E-state index contributed by atoms with van der Waals surface area (Å²) in [6.45, 7) is 1.90. The van der Waals surface area contributed by atoms with Gasteiger partial charge in [-0.15, -0.1) is 0 Å². The van der Waals surface area contributed by atoms with Crippen LogP contribution >= 0.6 is 11.3 Å². The van der Waals surface area contributed by atoms with Crippen LogP contribution in [0.15, 0.2) is 83.9 Å². The SMILES string of the molecule is Cc1ncccc1Oc1ccc(Nc2nccc3c(-c4ccsc4)cccc23)cn1. The van der Waals surface area contributed by atoms with Gasteiger partial charge in [-0.2, -0.15) is 11.3 Å². The lowest BCUT2D eigenvalue weighted by atomic mass is 10.0. The molecule has 5 nitrogen and oxygen atoms in total. The van der Waals surface area contributed by atoms with Gasteiger partial charge in [-0.1, -0.05) is 18.2 Å². The molecule has 0 radical (unpaired) electrons. The molecule has 0 aliphatic rings. The first-order valence-electron chi connectivity index (χ1n) is 9.51. The lowest BCUT2D eigenvalue weighted by molar-refractivity contribution is 0.457. The third kappa shape index (κ3) is 3.60. The summed E-state index contributed by atoms with van der Waals surface area (Å²) < 4.78 is 5.83. The van der Waals surface area contributed by atoms with E-state index in [4.69, 9.17) is 4.74 Å². The average Bonchev–Trinajstić information content (AvgIpc) is 3.31. The summed E-state index contributed by atoms with van der Waals surface area (Å²) in [5.74, 6) is 2.01. The van der Waals surface area contributed by atoms with Gasteiger partial charge in [-0.05, 0) is 64.5 Å². The Bertz CT molecular complexity index is 1300. The zero-order valence-corrected chi connectivity index (χ0v) is 17.1. The van der Waals surface area contributed by atoms with Crippen molar-refractivity contribution in [3.63, 3.8) is 0 Å². The minimum absolute atomic E-state index is 0.516. The van der Waals surface area contributed by atoms with E-state index >= 15 is 0 Å². The molecule has 0 amide bonds. The predicted octanol–water partition coefficient (Wildman–Crippen LogP) is 6.60. The second-order valence-electron chi connectivity index (χ2n) is 6.77. The number of fused-ring (bicyclic) bond motifs is 1. The van der Waals surface area contributed by atoms with Crippen LogP contribution in [0.4, 0.5) is 11.5 Å². The number of nitrogens with one attached hydrogen (secondary N) is 1. The molecule has 0 aliphatic carbocycles. The number of aromatic nitrogens is 3. The average molecular weight is 411 g/mol. The number of nitrogens with zero attached hydrogens (tertiary/aromatic N) is 3. The molecule has 0 aliphatic heterocycles. The normalized spacial score (nSPS) is 10.8. The minimum atomic E-state index is 0.516. The molecule has 0 saturated heterocycles. The highest BCUT2D eigenvalue weighted by atomic mass is 32.1. The summed E-state index contributed by atoms with van der Waals surface area (Å²) >= 11 is 1.70. The number of aryl methyl sites for hydroxylation is 1. The minimum Gasteiger partial charge on any atom is -0.437 e. The fourth-order valence-corrected chi connectivity index (χ4v) is 3.97. The molecular weight excluding hydrogens is 392 g/mol. The van der Waals surface area contributed by atoms with Crippen LogP contribution in [0.5, 0.6) is 11.6 Å². The monoisotopic (exact) mass is 410 g/mol. The lowest BCUT2D eigenvalue weighted by Gasteiger charge is -2.12. The molecule has 4 aromatic heterocycles. The lowest BCUT2D eigenvalue weighted by Crippen LogP contribution is -1.97. The Hall–Kier alpha value is -3.77. The number of thiophene rings is 1. The zero-order valence-electron chi connectivity index (χ0n) is 16.2. The van der Waals surface area contributed by atoms with Crippen molar-refractivity contribution in [2.75, 3.05) is 5.32 Å². The van der Waals surface area contributed by atoms with Gasteiger partial charge in [0.25, 0.3) is 0 Å². The van der Waals surface area contributed by atoms with E-state index in [0.717, 1.165) is 28.0 Å². The van der Waals surface area contributed by atoms with E-state index in [0.29, 0.717) is 11.6 Å². The van der Waals surface area contributed by atoms with Crippen LogP contribution in [0.1, 0.15) is 5.69 Å². The Balaban J connectivity index is 1.42. The van der Waals surface area contributed by atoms with Crippen LogP contribution in [0.2, 0.25) is 0 Å². The molecule has 0 fully saturated rings. The number of hydrogen-bond acceptors (Lipinski definition) is 6. The van der Waals surface area contributed by atoms with Crippen molar-refractivity contribution >= 4 is 33.6 Å². The Morgan fingerprint density at radius 3 is 2.63 bits per heavy atom. The van der Waals surface area contributed by atoms with Crippen molar-refractivity contribution in [1.82, 2.24) is 15.0 Å². The largest absolute Gasteiger partial charge is 0.437 e. The van der Waals surface area contributed by atoms with Gasteiger partial charge < -0.3 is 10.1 Å². The highest BCUT2D eigenvalue weighted by Gasteiger charge is 2.09. The van der Waals surface area contributed by atoms with E-state index in [1.54, 1.807) is 23.7 Å². The second kappa shape index (κ2) is 7.93. The standard InChI is InChI=1S/C24H18N4OS/c1-16-22(6-3-11-25-16)29-23-8-7-18(14-27-23)28-24-21-5-2-4-19(17-10-13-30-15-17)20(21)9-12-26-24/h2-15H,1H3,(H,26,28). The number of benzene rings is 1. The van der Waals surface area contributed by atoms with E-state index in [1.165, 1.54) is 11.1 Å². The molecule has 0 atom stereocenters. The number of ether oxygens (including phenoxy) is 1. The molecule has 4 heterocycles. The van der Waals surface area contributed by atoms with Crippen LogP contribution in [-0.4, -0.2) is 15.0 Å². The van der Waals surface area contributed by atoms with E-state index in [1.807, 2.05) is 37.4 Å². The molecule has 5 rings (SSSR count). The first kappa shape index (κ1) is 18.3. The smallest absolute Gasteiger partial charge is 0.219 e. The molecule has 6 heteroatoms. The van der Waals surface area contributed by atoms with Gasteiger partial charge in [-0.25, -0.2) is 9.97 Å². The Morgan fingerprint density at radius 2 is 1.83 bits per heavy atom. The molecule has 1 aromatic carbocycles. The van der Waals surface area contributed by atoms with Crippen LogP contribution < -0.4 is 10.1 Å². The van der Waals surface area contributed by atoms with Crippen LogP contribution in [0.3, 0.4) is 0 Å². The van der Waals surface area contributed by atoms with E-state index in [9.17, 15) is 0 Å². The van der Waals surface area contributed by atoms with E-state index < -0.39 is 0 Å². The van der Waals surface area contributed by atoms with Crippen molar-refractivity contribution in [1.29, 1.82) is 0 Å². The fraction of sp³-hybridized carbons (Fsp3) is 0.0417. The first-order valence-corrected chi connectivity index (χ1v) is 10.4. The second-order valence-corrected chi connectivity index (χ2v) is 7.55. The highest BCUT2D eigenvalue weighted by Crippen LogP contribution is 2.33. The molecule has 1 N–H and O–H groups in total. The fourth-order valence-electron chi connectivity index (χ4n) is 3.32. The van der Waals surface area contributed by atoms with E-state index in [-0.39, 0.29) is 0 Å². The van der Waals surface area contributed by atoms with Crippen LogP contribution in [0.25, 0.3) is 21.9 Å². The number of anilines is 2. The molecule has 30 heavy (non-hydrogen) atoms. The topological polar surface area (TPSA) is 59.9 Å². The first-order chi connectivity index (χ1) is 14.8. The van der Waals surface area contributed by atoms with E-state index in [2.05, 4.69) is 61.4 Å². The maximum Gasteiger partial charge on any atom is 0.219 e. The molecule has 146 valence electrons. The maximum absolute atomic E-state index is 5.83. The van der Waals surface area contributed by atoms with Gasteiger partial charge in [0, 0.05) is 23.8 Å². The van der Waals surface area contributed by atoms with Gasteiger partial charge in [-0.3, -0.25) is 4.98 Å². The Morgan fingerprint density at radius 1 is 0.867 bits per heavy atom. The molecule has 5 aromatic rings. The maximum atomic E-state index is 5.83. The van der Waals surface area contributed by atoms with Crippen molar-refractivity contribution in [2.45, 2.75) is 6.92 Å². The third-order valence-corrected chi connectivity index (χ3v) is 5.49. The van der Waals surface area contributed by atoms with Gasteiger partial charge in [0.15, 0.2) is 5.75 Å². The van der Waals surface area contributed by atoms with Gasteiger partial charge in [0.1, 0.15) is 5.82 Å². The molecule has 0 spiro atoms. The number of rotatable bonds is 5. The molecular formula is C24H18N4OS. The highest BCUT2D eigenvalue weighted by molar-refractivity contribution is 7.08. The molecule has 0 bridgehead atoms. The quantitative estimate of drug-likeness (QED) is 0.354. The summed E-state index contributed by atoms with van der Waals surface area (Å²) in [7, 11) is 0. The summed E-state index contributed by atoms with van der Waals surface area (Å²) in [6, 6.07) is 18.0. The summed E-state index contributed by atoms with van der Waals surface area (Å²) in [5, 5.41) is 9.86. The van der Waals surface area contributed by atoms with Crippen LogP contribution in [0, 0.1) is 6.92 Å². The van der Waals surface area contributed by atoms with Crippen molar-refractivity contribution in [2.24, 2.45) is 0 Å². The summed E-state index contributed by atoms with van der Waals surface area (Å²) in [5.41, 5.74) is 4.08. The Kier molecular flexibility index (Phi) is 4.83. The third-order valence-electron chi connectivity index (χ3n) is 4.81. The number of hydrogen-bond donors (Lipinski definition) is 1. The van der Waals surface area contributed by atoms with Gasteiger partial charge >= 0.3 is 0 Å². The summed E-state index contributed by atoms with van der Waals surface area (Å²) in [6.07, 6.45) is 5.31. The van der Waals surface area contributed by atoms with Crippen LogP contribution in [-0.2, 0) is 0 Å². The van der Waals surface area contributed by atoms with Crippen molar-refractivity contribution in [3.05, 3.63) is 89.6 Å². The Labute approximate surface area is 178 Å². The number of pyridine rings is 3. The van der Waals surface area contributed by atoms with Crippen molar-refractivity contribution < 1.29 is 4.74 Å². The molecule has 0 saturated carbocycles. The van der Waals surface area contributed by atoms with Crippen molar-refractivity contribution in [3.8, 4) is 22.8 Å². The summed E-state index contributed by atoms with van der Waals surface area (Å²) in [4.78, 5) is 13.2. The van der Waals surface area contributed by atoms with Gasteiger partial charge in [0.2, 0.25) is 5.88 Å². The van der Waals surface area contributed by atoms with Gasteiger partial charge in [0.05, 0.1) is 17.6 Å².